The molecule has 0 aliphatic heterocycles. The van der Waals surface area contributed by atoms with Gasteiger partial charge in [0.2, 0.25) is 5.43 Å². The van der Waals surface area contributed by atoms with E-state index in [1.165, 1.54) is 0 Å². The molecule has 1 amide bonds. The predicted octanol–water partition coefficient (Wildman–Crippen LogP) is 2.58. The second kappa shape index (κ2) is 8.33. The zero-order valence-electron chi connectivity index (χ0n) is 16.6. The minimum absolute atomic E-state index is 0.0762. The fraction of sp³-hybridized carbons (Fsp3) is 0.500. The van der Waals surface area contributed by atoms with Gasteiger partial charge in [-0.15, -0.1) is 0 Å². The van der Waals surface area contributed by atoms with E-state index in [0.29, 0.717) is 24.0 Å². The van der Waals surface area contributed by atoms with Crippen molar-refractivity contribution >= 4 is 22.9 Å². The van der Waals surface area contributed by atoms with Gasteiger partial charge in [-0.05, 0) is 53.2 Å². The average molecular weight is 373 g/mol. The van der Waals surface area contributed by atoms with E-state index in [1.54, 1.807) is 22.9 Å². The van der Waals surface area contributed by atoms with Crippen LogP contribution >= 0.6 is 0 Å². The van der Waals surface area contributed by atoms with Gasteiger partial charge in [0.05, 0.1) is 5.39 Å². The first kappa shape index (κ1) is 20.6. The zero-order valence-corrected chi connectivity index (χ0v) is 16.6. The summed E-state index contributed by atoms with van der Waals surface area (Å²) < 4.78 is 7.02. The quantitative estimate of drug-likeness (QED) is 0.621. The first-order valence-corrected chi connectivity index (χ1v) is 9.13. The number of aromatic nitrogens is 2. The molecule has 1 N–H and O–H groups in total. The monoisotopic (exact) mass is 373 g/mol. The number of nitrogens with zero attached hydrogens (tertiary/aromatic N) is 2. The minimum Gasteiger partial charge on any atom is -0.460 e. The molecule has 2 aromatic heterocycles. The van der Waals surface area contributed by atoms with Crippen LogP contribution in [0.25, 0.3) is 11.0 Å². The van der Waals surface area contributed by atoms with Gasteiger partial charge in [0.1, 0.15) is 16.8 Å². The summed E-state index contributed by atoms with van der Waals surface area (Å²) in [6.07, 6.45) is 2.19. The number of nitrogens with one attached hydrogen (secondary N) is 1. The molecule has 0 saturated heterocycles. The van der Waals surface area contributed by atoms with Crippen molar-refractivity contribution in [1.82, 2.24) is 14.9 Å². The maximum absolute atomic E-state index is 12.7. The van der Waals surface area contributed by atoms with E-state index in [9.17, 15) is 14.4 Å². The van der Waals surface area contributed by atoms with Gasteiger partial charge < -0.3 is 14.6 Å². The van der Waals surface area contributed by atoms with Gasteiger partial charge in [0.15, 0.2) is 0 Å². The third-order valence-corrected chi connectivity index (χ3v) is 3.91. The second-order valence-electron chi connectivity index (χ2n) is 7.43. The molecule has 0 atom stereocenters. The first-order valence-electron chi connectivity index (χ1n) is 9.13. The highest BCUT2D eigenvalue weighted by molar-refractivity contribution is 5.96. The number of amides is 1. The Morgan fingerprint density at radius 1 is 1.26 bits per heavy atom. The number of hydrogen-bond donors (Lipinski definition) is 1. The zero-order chi connectivity index (χ0) is 20.2. The van der Waals surface area contributed by atoms with Crippen molar-refractivity contribution in [3.63, 3.8) is 0 Å². The summed E-state index contributed by atoms with van der Waals surface area (Å²) in [6, 6.07) is 3.46. The van der Waals surface area contributed by atoms with Crippen LogP contribution in [0.15, 0.2) is 23.1 Å². The van der Waals surface area contributed by atoms with Crippen LogP contribution in [0.5, 0.6) is 0 Å². The standard InChI is InChI=1S/C20H27N3O4/c1-6-23-12-15(17(25)14-10-9-13(2)22-18(14)23)19(26)21-11-7-8-16(24)27-20(3,4)5/h9-10,12H,6-8,11H2,1-5H3,(H,21,26). The molecular weight excluding hydrogens is 346 g/mol. The van der Waals surface area contributed by atoms with Gasteiger partial charge >= 0.3 is 5.97 Å². The molecule has 0 unspecified atom stereocenters. The summed E-state index contributed by atoms with van der Waals surface area (Å²) in [7, 11) is 0. The molecule has 0 radical (unpaired) electrons. The SMILES string of the molecule is CCn1cc(C(=O)NCCCC(=O)OC(C)(C)C)c(=O)c2ccc(C)nc21. The molecule has 0 fully saturated rings. The van der Waals surface area contributed by atoms with Crippen molar-refractivity contribution in [2.75, 3.05) is 6.54 Å². The summed E-state index contributed by atoms with van der Waals surface area (Å²) in [5.41, 5.74) is 0.592. The number of carbonyl (C=O) groups is 2. The van der Waals surface area contributed by atoms with Crippen LogP contribution in [0, 0.1) is 6.92 Å². The number of carbonyl (C=O) groups excluding carboxylic acids is 2. The Bertz CT molecular complexity index is 910. The lowest BCUT2D eigenvalue weighted by Gasteiger charge is -2.19. The van der Waals surface area contributed by atoms with E-state index < -0.39 is 11.5 Å². The third-order valence-electron chi connectivity index (χ3n) is 3.91. The van der Waals surface area contributed by atoms with E-state index in [0.717, 1.165) is 5.69 Å². The van der Waals surface area contributed by atoms with Gasteiger partial charge in [-0.3, -0.25) is 14.4 Å². The van der Waals surface area contributed by atoms with Gasteiger partial charge in [-0.2, -0.15) is 0 Å². The normalized spacial score (nSPS) is 11.4. The summed E-state index contributed by atoms with van der Waals surface area (Å²) >= 11 is 0. The van der Waals surface area contributed by atoms with Crippen molar-refractivity contribution < 1.29 is 14.3 Å². The van der Waals surface area contributed by atoms with Crippen molar-refractivity contribution in [1.29, 1.82) is 0 Å². The predicted molar refractivity (Wildman–Crippen MR) is 104 cm³/mol. The number of pyridine rings is 2. The number of fused-ring (bicyclic) bond motifs is 1. The van der Waals surface area contributed by atoms with E-state index in [2.05, 4.69) is 10.3 Å². The minimum atomic E-state index is -0.525. The smallest absolute Gasteiger partial charge is 0.306 e. The summed E-state index contributed by atoms with van der Waals surface area (Å²) in [5, 5.41) is 3.13. The Morgan fingerprint density at radius 3 is 2.59 bits per heavy atom. The number of ether oxygens (including phenoxy) is 1. The summed E-state index contributed by atoms with van der Waals surface area (Å²) in [4.78, 5) is 41.2. The molecule has 2 heterocycles. The van der Waals surface area contributed by atoms with Crippen LogP contribution in [-0.4, -0.2) is 33.6 Å². The van der Waals surface area contributed by atoms with Crippen molar-refractivity contribution in [3.05, 3.63) is 39.8 Å². The van der Waals surface area contributed by atoms with Crippen LogP contribution in [0.2, 0.25) is 0 Å². The molecule has 0 saturated carbocycles. The third kappa shape index (κ3) is 5.39. The molecule has 2 aromatic rings. The van der Waals surface area contributed by atoms with E-state index in [-0.39, 0.29) is 29.9 Å². The lowest BCUT2D eigenvalue weighted by atomic mass is 10.1. The van der Waals surface area contributed by atoms with Crippen LogP contribution in [-0.2, 0) is 16.1 Å². The molecule has 0 aliphatic rings. The summed E-state index contributed by atoms with van der Waals surface area (Å²) in [6.45, 7) is 10.1. The number of hydrogen-bond acceptors (Lipinski definition) is 5. The van der Waals surface area contributed by atoms with Crippen LogP contribution in [0.4, 0.5) is 0 Å². The first-order chi connectivity index (χ1) is 12.6. The Labute approximate surface area is 158 Å². The van der Waals surface area contributed by atoms with E-state index in [4.69, 9.17) is 4.74 Å². The van der Waals surface area contributed by atoms with Gasteiger partial charge in [0, 0.05) is 31.4 Å². The lowest BCUT2D eigenvalue weighted by molar-refractivity contribution is -0.154. The van der Waals surface area contributed by atoms with Crippen LogP contribution in [0.1, 0.15) is 56.6 Å². The largest absolute Gasteiger partial charge is 0.460 e. The molecule has 0 aliphatic carbocycles. The number of aryl methyl sites for hydroxylation is 2. The molecule has 7 nitrogen and oxygen atoms in total. The molecule has 7 heteroatoms. The van der Waals surface area contributed by atoms with Gasteiger partial charge in [0.25, 0.3) is 5.91 Å². The van der Waals surface area contributed by atoms with E-state index >= 15 is 0 Å². The summed E-state index contributed by atoms with van der Waals surface area (Å²) in [5.74, 6) is -0.758. The molecular formula is C20H27N3O4. The molecule has 0 bridgehead atoms. The van der Waals surface area contributed by atoms with Gasteiger partial charge in [-0.1, -0.05) is 0 Å². The molecule has 2 rings (SSSR count). The molecule has 27 heavy (non-hydrogen) atoms. The van der Waals surface area contributed by atoms with Crippen molar-refractivity contribution in [2.24, 2.45) is 0 Å². The molecule has 0 spiro atoms. The molecule has 146 valence electrons. The maximum atomic E-state index is 12.7. The Kier molecular flexibility index (Phi) is 6.36. The van der Waals surface area contributed by atoms with Crippen LogP contribution in [0.3, 0.4) is 0 Å². The highest BCUT2D eigenvalue weighted by atomic mass is 16.6. The highest BCUT2D eigenvalue weighted by Crippen LogP contribution is 2.11. The molecule has 0 aromatic carbocycles. The van der Waals surface area contributed by atoms with Crippen molar-refractivity contribution in [2.45, 2.75) is 59.6 Å². The number of rotatable bonds is 6. The number of esters is 1. The Balaban J connectivity index is 2.08. The Morgan fingerprint density at radius 2 is 1.96 bits per heavy atom. The van der Waals surface area contributed by atoms with Crippen molar-refractivity contribution in [3.8, 4) is 0 Å². The topological polar surface area (TPSA) is 90.3 Å². The van der Waals surface area contributed by atoms with E-state index in [1.807, 2.05) is 34.6 Å². The second-order valence-corrected chi connectivity index (χ2v) is 7.43. The van der Waals surface area contributed by atoms with Crippen LogP contribution < -0.4 is 10.7 Å². The fourth-order valence-electron chi connectivity index (χ4n) is 2.69. The average Bonchev–Trinajstić information content (AvgIpc) is 2.57. The fourth-order valence-corrected chi connectivity index (χ4v) is 2.69. The lowest BCUT2D eigenvalue weighted by Crippen LogP contribution is -2.31. The maximum Gasteiger partial charge on any atom is 0.306 e. The Hall–Kier alpha value is -2.70. The highest BCUT2D eigenvalue weighted by Gasteiger charge is 2.17. The van der Waals surface area contributed by atoms with Gasteiger partial charge in [-0.25, -0.2) is 4.98 Å².